The summed E-state index contributed by atoms with van der Waals surface area (Å²) in [4.78, 5) is 19.6. The molecule has 1 N–H and O–H groups in total. The van der Waals surface area contributed by atoms with Gasteiger partial charge in [0, 0.05) is 18.8 Å². The molecule has 0 radical (unpaired) electrons. The molecule has 0 aliphatic rings. The lowest BCUT2D eigenvalue weighted by Gasteiger charge is -2.05. The Morgan fingerprint density at radius 2 is 1.57 bits per heavy atom. The summed E-state index contributed by atoms with van der Waals surface area (Å²) >= 11 is 5.83. The first-order chi connectivity index (χ1) is 10.2. The van der Waals surface area contributed by atoms with Crippen molar-refractivity contribution in [2.45, 2.75) is 71.1 Å². The molecular formula is C16H26ClN3O. The molecule has 0 saturated heterocycles. The van der Waals surface area contributed by atoms with Crippen LogP contribution in [0.2, 0.25) is 5.15 Å². The predicted molar refractivity (Wildman–Crippen MR) is 87.5 cm³/mol. The van der Waals surface area contributed by atoms with Gasteiger partial charge >= 0.3 is 0 Å². The summed E-state index contributed by atoms with van der Waals surface area (Å²) in [7, 11) is 0. The average molecular weight is 312 g/mol. The summed E-state index contributed by atoms with van der Waals surface area (Å²) in [6.07, 6.45) is 14.7. The SMILES string of the molecule is CCCCCCCCCCCC(=O)Nc1nccnc1Cl. The Bertz CT molecular complexity index is 412. The van der Waals surface area contributed by atoms with E-state index < -0.39 is 0 Å². The first-order valence-electron chi connectivity index (χ1n) is 8.00. The average Bonchev–Trinajstić information content (AvgIpc) is 2.48. The number of aromatic nitrogens is 2. The number of nitrogens with one attached hydrogen (secondary N) is 1. The number of nitrogens with zero attached hydrogens (tertiary/aromatic N) is 2. The van der Waals surface area contributed by atoms with E-state index in [4.69, 9.17) is 11.6 Å². The van der Waals surface area contributed by atoms with Crippen LogP contribution in [0.25, 0.3) is 0 Å². The van der Waals surface area contributed by atoms with E-state index in [0.717, 1.165) is 12.8 Å². The molecule has 0 atom stereocenters. The largest absolute Gasteiger partial charge is 0.308 e. The fourth-order valence-corrected chi connectivity index (χ4v) is 2.35. The van der Waals surface area contributed by atoms with Crippen molar-refractivity contribution in [2.75, 3.05) is 5.32 Å². The number of anilines is 1. The van der Waals surface area contributed by atoms with E-state index in [1.807, 2.05) is 0 Å². The molecule has 1 rings (SSSR count). The molecule has 1 heterocycles. The van der Waals surface area contributed by atoms with Crippen molar-refractivity contribution >= 4 is 23.3 Å². The maximum atomic E-state index is 11.7. The predicted octanol–water partition coefficient (Wildman–Crippen LogP) is 4.99. The molecule has 0 aliphatic heterocycles. The molecule has 0 unspecified atom stereocenters. The maximum Gasteiger partial charge on any atom is 0.225 e. The van der Waals surface area contributed by atoms with E-state index in [0.29, 0.717) is 12.2 Å². The van der Waals surface area contributed by atoms with E-state index in [9.17, 15) is 4.79 Å². The molecule has 0 aromatic carbocycles. The number of carbonyl (C=O) groups is 1. The second-order valence-corrected chi connectivity index (χ2v) is 5.68. The summed E-state index contributed by atoms with van der Waals surface area (Å²) in [6.45, 7) is 2.24. The Hall–Kier alpha value is -1.16. The number of hydrogen-bond acceptors (Lipinski definition) is 3. The van der Waals surface area contributed by atoms with Crippen molar-refractivity contribution in [3.05, 3.63) is 17.5 Å². The molecule has 0 aliphatic carbocycles. The summed E-state index contributed by atoms with van der Waals surface area (Å²) in [5.74, 6) is 0.306. The molecule has 5 heteroatoms. The molecule has 1 aromatic heterocycles. The van der Waals surface area contributed by atoms with Crippen molar-refractivity contribution < 1.29 is 4.79 Å². The van der Waals surface area contributed by atoms with Gasteiger partial charge in [-0.15, -0.1) is 0 Å². The van der Waals surface area contributed by atoms with Crippen LogP contribution >= 0.6 is 11.6 Å². The molecule has 0 bridgehead atoms. The van der Waals surface area contributed by atoms with E-state index in [2.05, 4.69) is 22.2 Å². The van der Waals surface area contributed by atoms with Crippen molar-refractivity contribution in [1.29, 1.82) is 0 Å². The zero-order chi connectivity index (χ0) is 15.3. The molecule has 1 amide bonds. The third-order valence-electron chi connectivity index (χ3n) is 3.42. The summed E-state index contributed by atoms with van der Waals surface area (Å²) in [6, 6.07) is 0. The Labute approximate surface area is 132 Å². The van der Waals surface area contributed by atoms with Gasteiger partial charge in [0.15, 0.2) is 11.0 Å². The van der Waals surface area contributed by atoms with Crippen LogP contribution in [0.5, 0.6) is 0 Å². The molecule has 21 heavy (non-hydrogen) atoms. The van der Waals surface area contributed by atoms with Gasteiger partial charge in [-0.05, 0) is 6.42 Å². The number of hydrogen-bond donors (Lipinski definition) is 1. The van der Waals surface area contributed by atoms with Gasteiger partial charge in [-0.1, -0.05) is 69.9 Å². The highest BCUT2D eigenvalue weighted by Gasteiger charge is 2.06. The summed E-state index contributed by atoms with van der Waals surface area (Å²) in [5.41, 5.74) is 0. The minimum absolute atomic E-state index is 0.0413. The van der Waals surface area contributed by atoms with Gasteiger partial charge in [-0.2, -0.15) is 0 Å². The molecule has 0 saturated carbocycles. The second-order valence-electron chi connectivity index (χ2n) is 5.32. The van der Waals surface area contributed by atoms with Gasteiger partial charge in [0.1, 0.15) is 0 Å². The molecule has 4 nitrogen and oxygen atoms in total. The Kier molecular flexibility index (Phi) is 9.79. The summed E-state index contributed by atoms with van der Waals surface area (Å²) in [5, 5.41) is 2.93. The number of halogens is 1. The number of rotatable bonds is 11. The quantitative estimate of drug-likeness (QED) is 0.586. The van der Waals surface area contributed by atoms with Gasteiger partial charge in [0.05, 0.1) is 0 Å². The van der Waals surface area contributed by atoms with Crippen LogP contribution in [0, 0.1) is 0 Å². The number of unbranched alkanes of at least 4 members (excludes halogenated alkanes) is 8. The van der Waals surface area contributed by atoms with Crippen LogP contribution in [0.1, 0.15) is 71.1 Å². The van der Waals surface area contributed by atoms with Crippen LogP contribution in [0.15, 0.2) is 12.4 Å². The zero-order valence-electron chi connectivity index (χ0n) is 12.9. The smallest absolute Gasteiger partial charge is 0.225 e. The third kappa shape index (κ3) is 8.66. The van der Waals surface area contributed by atoms with E-state index in [1.54, 1.807) is 0 Å². The minimum atomic E-state index is -0.0413. The molecule has 0 spiro atoms. The zero-order valence-corrected chi connectivity index (χ0v) is 13.7. The lowest BCUT2D eigenvalue weighted by molar-refractivity contribution is -0.116. The van der Waals surface area contributed by atoms with Crippen LogP contribution in [-0.4, -0.2) is 15.9 Å². The Morgan fingerprint density at radius 1 is 1.00 bits per heavy atom. The summed E-state index contributed by atoms with van der Waals surface area (Å²) < 4.78 is 0. The highest BCUT2D eigenvalue weighted by atomic mass is 35.5. The van der Waals surface area contributed by atoms with Crippen LogP contribution < -0.4 is 5.32 Å². The van der Waals surface area contributed by atoms with Gasteiger partial charge < -0.3 is 5.32 Å². The minimum Gasteiger partial charge on any atom is -0.308 e. The molecule has 1 aromatic rings. The number of carbonyl (C=O) groups excluding carboxylic acids is 1. The van der Waals surface area contributed by atoms with Crippen molar-refractivity contribution in [1.82, 2.24) is 9.97 Å². The highest BCUT2D eigenvalue weighted by Crippen LogP contribution is 2.15. The van der Waals surface area contributed by atoms with Crippen LogP contribution in [-0.2, 0) is 4.79 Å². The lowest BCUT2D eigenvalue weighted by atomic mass is 10.1. The Balaban J connectivity index is 2.00. The number of amides is 1. The normalized spacial score (nSPS) is 10.6. The van der Waals surface area contributed by atoms with Crippen LogP contribution in [0.4, 0.5) is 5.82 Å². The van der Waals surface area contributed by atoms with Crippen molar-refractivity contribution in [3.63, 3.8) is 0 Å². The maximum absolute atomic E-state index is 11.7. The van der Waals surface area contributed by atoms with Crippen LogP contribution in [0.3, 0.4) is 0 Å². The van der Waals surface area contributed by atoms with E-state index >= 15 is 0 Å². The first kappa shape index (κ1) is 17.9. The molecule has 0 fully saturated rings. The van der Waals surface area contributed by atoms with E-state index in [-0.39, 0.29) is 11.1 Å². The van der Waals surface area contributed by atoms with Gasteiger partial charge in [0.2, 0.25) is 5.91 Å². The molecule has 118 valence electrons. The highest BCUT2D eigenvalue weighted by molar-refractivity contribution is 6.32. The lowest BCUT2D eigenvalue weighted by Crippen LogP contribution is -2.12. The van der Waals surface area contributed by atoms with Crippen molar-refractivity contribution in [3.8, 4) is 0 Å². The van der Waals surface area contributed by atoms with Gasteiger partial charge in [-0.3, -0.25) is 4.79 Å². The van der Waals surface area contributed by atoms with Gasteiger partial charge in [-0.25, -0.2) is 9.97 Å². The van der Waals surface area contributed by atoms with Gasteiger partial charge in [0.25, 0.3) is 0 Å². The topological polar surface area (TPSA) is 54.9 Å². The second kappa shape index (κ2) is 11.5. The fraction of sp³-hybridized carbons (Fsp3) is 0.688. The standard InChI is InChI=1S/C16H26ClN3O/c1-2-3-4-5-6-7-8-9-10-11-14(21)20-16-15(17)18-12-13-19-16/h12-13H,2-11H2,1H3,(H,19,20,21). The molecular weight excluding hydrogens is 286 g/mol. The van der Waals surface area contributed by atoms with Crippen molar-refractivity contribution in [2.24, 2.45) is 0 Å². The first-order valence-corrected chi connectivity index (χ1v) is 8.38. The monoisotopic (exact) mass is 311 g/mol. The van der Waals surface area contributed by atoms with E-state index in [1.165, 1.54) is 57.3 Å². The Morgan fingerprint density at radius 3 is 2.19 bits per heavy atom. The third-order valence-corrected chi connectivity index (χ3v) is 3.70. The fourth-order valence-electron chi connectivity index (χ4n) is 2.20.